The van der Waals surface area contributed by atoms with Crippen molar-refractivity contribution in [1.82, 2.24) is 10.2 Å². The van der Waals surface area contributed by atoms with E-state index in [0.717, 1.165) is 24.0 Å². The molecule has 30 heavy (non-hydrogen) atoms. The molecular weight excluding hydrogens is 410 g/mol. The summed E-state index contributed by atoms with van der Waals surface area (Å²) in [7, 11) is -3.13. The number of nitrogens with zero attached hydrogens (tertiary/aromatic N) is 1. The van der Waals surface area contributed by atoms with E-state index in [1.54, 1.807) is 24.3 Å². The van der Waals surface area contributed by atoms with E-state index in [9.17, 15) is 22.8 Å². The van der Waals surface area contributed by atoms with Crippen LogP contribution in [0.3, 0.4) is 0 Å². The molecule has 2 N–H and O–H groups in total. The van der Waals surface area contributed by atoms with Crippen LogP contribution in [0.1, 0.15) is 32.6 Å². The van der Waals surface area contributed by atoms with Crippen LogP contribution in [-0.4, -0.2) is 61.9 Å². The standard InChI is InChI=1S/C20H27N3O6S/c1-14-6-8-20(9-7-14)18(25)23(19(26)22-20)13-17(24)21-15-4-3-5-16(12-15)29-10-11-30(2,27)28/h3-5,12,14H,6-11,13H2,1-2H3,(H,21,24)(H,22,26). The topological polar surface area (TPSA) is 122 Å². The first kappa shape index (κ1) is 22.1. The van der Waals surface area contributed by atoms with E-state index in [4.69, 9.17) is 4.74 Å². The van der Waals surface area contributed by atoms with Crippen LogP contribution in [-0.2, 0) is 19.4 Å². The lowest BCUT2D eigenvalue weighted by Crippen LogP contribution is -2.49. The number of urea groups is 1. The Labute approximate surface area is 176 Å². The van der Waals surface area contributed by atoms with E-state index in [1.807, 2.05) is 0 Å². The third-order valence-corrected chi connectivity index (χ3v) is 6.42. The summed E-state index contributed by atoms with van der Waals surface area (Å²) in [4.78, 5) is 38.6. The van der Waals surface area contributed by atoms with Gasteiger partial charge in [-0.2, -0.15) is 0 Å². The maximum atomic E-state index is 12.8. The van der Waals surface area contributed by atoms with Crippen molar-refractivity contribution in [2.75, 3.05) is 30.5 Å². The molecule has 1 spiro atoms. The first-order valence-corrected chi connectivity index (χ1v) is 12.0. The van der Waals surface area contributed by atoms with Crippen LogP contribution in [0.5, 0.6) is 5.75 Å². The Morgan fingerprint density at radius 1 is 1.30 bits per heavy atom. The number of anilines is 1. The van der Waals surface area contributed by atoms with Crippen molar-refractivity contribution in [3.63, 3.8) is 0 Å². The number of hydrogen-bond acceptors (Lipinski definition) is 6. The number of carbonyl (C=O) groups is 3. The molecule has 1 saturated carbocycles. The lowest BCUT2D eigenvalue weighted by atomic mass is 9.77. The number of sulfone groups is 1. The second-order valence-electron chi connectivity index (χ2n) is 8.14. The Morgan fingerprint density at radius 2 is 2.00 bits per heavy atom. The Morgan fingerprint density at radius 3 is 2.67 bits per heavy atom. The first-order valence-electron chi connectivity index (χ1n) is 9.92. The van der Waals surface area contributed by atoms with Gasteiger partial charge >= 0.3 is 6.03 Å². The maximum absolute atomic E-state index is 12.8. The number of hydrogen-bond donors (Lipinski definition) is 2. The van der Waals surface area contributed by atoms with Crippen LogP contribution in [0.2, 0.25) is 0 Å². The van der Waals surface area contributed by atoms with Crippen molar-refractivity contribution in [2.45, 2.75) is 38.1 Å². The number of nitrogens with one attached hydrogen (secondary N) is 2. The highest BCUT2D eigenvalue weighted by atomic mass is 32.2. The Hall–Kier alpha value is -2.62. The molecule has 3 rings (SSSR count). The SMILES string of the molecule is CC1CCC2(CC1)NC(=O)N(CC(=O)Nc1cccc(OCCS(C)(=O)=O)c1)C2=O. The maximum Gasteiger partial charge on any atom is 0.325 e. The molecule has 10 heteroatoms. The largest absolute Gasteiger partial charge is 0.492 e. The predicted octanol–water partition coefficient (Wildman–Crippen LogP) is 1.55. The van der Waals surface area contributed by atoms with Crippen molar-refractivity contribution < 1.29 is 27.5 Å². The van der Waals surface area contributed by atoms with Crippen LogP contribution >= 0.6 is 0 Å². The summed E-state index contributed by atoms with van der Waals surface area (Å²) in [6.45, 7) is 1.75. The molecule has 0 atom stereocenters. The third kappa shape index (κ3) is 5.29. The molecule has 2 fully saturated rings. The van der Waals surface area contributed by atoms with E-state index < -0.39 is 27.3 Å². The van der Waals surface area contributed by atoms with Gasteiger partial charge in [0.1, 0.15) is 24.4 Å². The lowest BCUT2D eigenvalue weighted by molar-refractivity contribution is -0.135. The first-order chi connectivity index (χ1) is 14.1. The van der Waals surface area contributed by atoms with Gasteiger partial charge in [0.2, 0.25) is 5.91 Å². The van der Waals surface area contributed by atoms with Gasteiger partial charge in [0.05, 0.1) is 5.75 Å². The minimum absolute atomic E-state index is 0.000611. The monoisotopic (exact) mass is 437 g/mol. The molecule has 9 nitrogen and oxygen atoms in total. The van der Waals surface area contributed by atoms with Gasteiger partial charge in [-0.15, -0.1) is 0 Å². The minimum Gasteiger partial charge on any atom is -0.492 e. The smallest absolute Gasteiger partial charge is 0.325 e. The normalized spacial score (nSPS) is 24.1. The number of benzene rings is 1. The summed E-state index contributed by atoms with van der Waals surface area (Å²) in [6.07, 6.45) is 4.02. The zero-order valence-electron chi connectivity index (χ0n) is 17.1. The second kappa shape index (κ2) is 8.63. The molecule has 4 amide bonds. The highest BCUT2D eigenvalue weighted by molar-refractivity contribution is 7.90. The van der Waals surface area contributed by atoms with E-state index >= 15 is 0 Å². The molecular formula is C20H27N3O6S. The van der Waals surface area contributed by atoms with Crippen LogP contribution in [0.4, 0.5) is 10.5 Å². The fraction of sp³-hybridized carbons (Fsp3) is 0.550. The highest BCUT2D eigenvalue weighted by Crippen LogP contribution is 2.36. The number of ether oxygens (including phenoxy) is 1. The molecule has 1 aromatic rings. The van der Waals surface area contributed by atoms with Gasteiger partial charge in [-0.1, -0.05) is 13.0 Å². The lowest BCUT2D eigenvalue weighted by Gasteiger charge is -2.33. The van der Waals surface area contributed by atoms with Crippen LogP contribution < -0.4 is 15.4 Å². The molecule has 164 valence electrons. The molecule has 1 aliphatic carbocycles. The molecule has 0 bridgehead atoms. The van der Waals surface area contributed by atoms with Crippen LogP contribution in [0.25, 0.3) is 0 Å². The Balaban J connectivity index is 1.57. The van der Waals surface area contributed by atoms with Crippen molar-refractivity contribution in [3.05, 3.63) is 24.3 Å². The van der Waals surface area contributed by atoms with Gasteiger partial charge in [0.25, 0.3) is 5.91 Å². The average molecular weight is 438 g/mol. The molecule has 1 saturated heterocycles. The fourth-order valence-corrected chi connectivity index (χ4v) is 4.12. The number of rotatable bonds is 7. The number of imide groups is 1. The second-order valence-corrected chi connectivity index (χ2v) is 10.4. The summed E-state index contributed by atoms with van der Waals surface area (Å²) in [5.74, 6) is -0.0391. The third-order valence-electron chi connectivity index (χ3n) is 5.52. The van der Waals surface area contributed by atoms with E-state index in [-0.39, 0.29) is 24.8 Å². The molecule has 0 radical (unpaired) electrons. The molecule has 1 aromatic carbocycles. The summed E-state index contributed by atoms with van der Waals surface area (Å²) in [5, 5.41) is 5.44. The summed E-state index contributed by atoms with van der Waals surface area (Å²) < 4.78 is 27.8. The van der Waals surface area contributed by atoms with Crippen LogP contribution in [0, 0.1) is 5.92 Å². The van der Waals surface area contributed by atoms with E-state index in [0.29, 0.717) is 30.2 Å². The number of carbonyl (C=O) groups excluding carboxylic acids is 3. The molecule has 2 aliphatic rings. The predicted molar refractivity (Wildman–Crippen MR) is 111 cm³/mol. The van der Waals surface area contributed by atoms with Gasteiger partial charge < -0.3 is 15.4 Å². The zero-order chi connectivity index (χ0) is 21.9. The number of amides is 4. The van der Waals surface area contributed by atoms with Crippen molar-refractivity contribution in [3.8, 4) is 5.75 Å². The van der Waals surface area contributed by atoms with Gasteiger partial charge in [-0.3, -0.25) is 14.5 Å². The zero-order valence-corrected chi connectivity index (χ0v) is 18.0. The van der Waals surface area contributed by atoms with Gasteiger partial charge in [-0.25, -0.2) is 13.2 Å². The summed E-state index contributed by atoms with van der Waals surface area (Å²) in [5.41, 5.74) is -0.456. The molecule has 1 heterocycles. The van der Waals surface area contributed by atoms with Gasteiger partial charge in [-0.05, 0) is 43.7 Å². The molecule has 1 aliphatic heterocycles. The van der Waals surface area contributed by atoms with E-state index in [2.05, 4.69) is 17.6 Å². The van der Waals surface area contributed by atoms with Crippen molar-refractivity contribution in [1.29, 1.82) is 0 Å². The van der Waals surface area contributed by atoms with E-state index in [1.165, 1.54) is 0 Å². The van der Waals surface area contributed by atoms with Gasteiger partial charge in [0.15, 0.2) is 9.84 Å². The summed E-state index contributed by atoms with van der Waals surface area (Å²) in [6, 6.07) is 5.94. The minimum atomic E-state index is -3.13. The van der Waals surface area contributed by atoms with Gasteiger partial charge in [0, 0.05) is 18.0 Å². The van der Waals surface area contributed by atoms with Crippen LogP contribution in [0.15, 0.2) is 24.3 Å². The Bertz CT molecular complexity index is 938. The fourth-order valence-electron chi connectivity index (χ4n) is 3.73. The van der Waals surface area contributed by atoms with Crippen molar-refractivity contribution >= 4 is 33.4 Å². The summed E-state index contributed by atoms with van der Waals surface area (Å²) >= 11 is 0. The average Bonchev–Trinajstić information content (AvgIpc) is 2.88. The Kier molecular flexibility index (Phi) is 6.35. The van der Waals surface area contributed by atoms with Crippen molar-refractivity contribution in [2.24, 2.45) is 5.92 Å². The highest BCUT2D eigenvalue weighted by Gasteiger charge is 2.52. The molecule has 0 unspecified atom stereocenters. The molecule has 0 aromatic heterocycles. The quantitative estimate of drug-likeness (QED) is 0.624.